The van der Waals surface area contributed by atoms with Gasteiger partial charge in [0.1, 0.15) is 0 Å². The summed E-state index contributed by atoms with van der Waals surface area (Å²) in [5, 5.41) is 0.416. The van der Waals surface area contributed by atoms with Crippen molar-refractivity contribution in [3.8, 4) is 0 Å². The van der Waals surface area contributed by atoms with Crippen molar-refractivity contribution < 1.29 is 4.79 Å². The van der Waals surface area contributed by atoms with E-state index in [2.05, 4.69) is 25.9 Å². The quantitative estimate of drug-likeness (QED) is 0.937. The number of carbonyl (C=O) groups excluding carboxylic acids is 1. The second kappa shape index (κ2) is 5.54. The fraction of sp³-hybridized carbons (Fsp3) is 0.167. The molecule has 4 nitrogen and oxygen atoms in total. The minimum atomic E-state index is -0.176. The van der Waals surface area contributed by atoms with Crippen LogP contribution in [0, 0.1) is 0 Å². The number of anilines is 1. The molecular weight excluding hydrogens is 318 g/mol. The Morgan fingerprint density at radius 3 is 2.89 bits per heavy atom. The molecule has 1 aromatic heterocycles. The van der Waals surface area contributed by atoms with Crippen molar-refractivity contribution in [3.05, 3.63) is 45.7 Å². The van der Waals surface area contributed by atoms with Crippen molar-refractivity contribution in [2.24, 2.45) is 0 Å². The number of amides is 1. The molecule has 0 radical (unpaired) electrons. The van der Waals surface area contributed by atoms with Crippen LogP contribution in [0.2, 0.25) is 5.02 Å². The Hall–Kier alpha value is -1.33. The molecular formula is C12H11BrClN3O. The third kappa shape index (κ3) is 2.57. The predicted octanol–water partition coefficient (Wildman–Crippen LogP) is 3.49. The summed E-state index contributed by atoms with van der Waals surface area (Å²) in [4.78, 5) is 20.9. The van der Waals surface area contributed by atoms with Crippen LogP contribution in [-0.2, 0) is 0 Å². The van der Waals surface area contributed by atoms with Crippen molar-refractivity contribution in [1.29, 1.82) is 0 Å². The minimum absolute atomic E-state index is 0.176. The van der Waals surface area contributed by atoms with E-state index in [1.807, 2.05) is 6.92 Å². The summed E-state index contributed by atoms with van der Waals surface area (Å²) in [7, 11) is 0. The van der Waals surface area contributed by atoms with Crippen LogP contribution < -0.4 is 4.90 Å². The molecule has 0 bridgehead atoms. The average Bonchev–Trinajstić information content (AvgIpc) is 2.83. The number of hydrogen-bond donors (Lipinski definition) is 1. The van der Waals surface area contributed by atoms with Gasteiger partial charge in [-0.2, -0.15) is 0 Å². The smallest absolute Gasteiger partial charge is 0.262 e. The normalized spacial score (nSPS) is 10.4. The topological polar surface area (TPSA) is 49.0 Å². The number of hydrogen-bond acceptors (Lipinski definition) is 2. The van der Waals surface area contributed by atoms with E-state index in [4.69, 9.17) is 11.6 Å². The molecule has 0 spiro atoms. The maximum Gasteiger partial charge on any atom is 0.262 e. The molecule has 0 aliphatic heterocycles. The first kappa shape index (κ1) is 13.1. The molecule has 0 aliphatic rings. The second-order valence-corrected chi connectivity index (χ2v) is 4.91. The van der Waals surface area contributed by atoms with Gasteiger partial charge in [0, 0.05) is 23.4 Å². The van der Waals surface area contributed by atoms with Crippen LogP contribution in [0.5, 0.6) is 0 Å². The summed E-state index contributed by atoms with van der Waals surface area (Å²) in [6.07, 6.45) is 3.28. The molecule has 0 fully saturated rings. The summed E-state index contributed by atoms with van der Waals surface area (Å²) >= 11 is 9.39. The van der Waals surface area contributed by atoms with Crippen LogP contribution in [0.25, 0.3) is 0 Å². The van der Waals surface area contributed by atoms with Gasteiger partial charge in [0.05, 0.1) is 10.6 Å². The number of aromatic amines is 1. The molecule has 1 N–H and O–H groups in total. The van der Waals surface area contributed by atoms with Crippen LogP contribution in [0.15, 0.2) is 35.1 Å². The number of nitrogens with zero attached hydrogens (tertiary/aromatic N) is 2. The molecule has 1 aromatic carbocycles. The fourth-order valence-corrected chi connectivity index (χ4v) is 2.36. The van der Waals surface area contributed by atoms with E-state index in [1.54, 1.807) is 30.6 Å². The Bertz CT molecular complexity index is 556. The largest absolute Gasteiger partial charge is 0.331 e. The van der Waals surface area contributed by atoms with Crippen LogP contribution >= 0.6 is 27.5 Å². The molecule has 18 heavy (non-hydrogen) atoms. The average molecular weight is 329 g/mol. The second-order valence-electron chi connectivity index (χ2n) is 3.59. The van der Waals surface area contributed by atoms with Gasteiger partial charge in [-0.25, -0.2) is 4.98 Å². The van der Waals surface area contributed by atoms with E-state index in [9.17, 15) is 4.79 Å². The zero-order valence-corrected chi connectivity index (χ0v) is 12.0. The third-order valence-electron chi connectivity index (χ3n) is 2.46. The Balaban J connectivity index is 2.35. The van der Waals surface area contributed by atoms with E-state index in [-0.39, 0.29) is 5.91 Å². The highest BCUT2D eigenvalue weighted by Gasteiger charge is 2.20. The first-order chi connectivity index (χ1) is 8.63. The lowest BCUT2D eigenvalue weighted by atomic mass is 10.2. The van der Waals surface area contributed by atoms with Crippen LogP contribution in [0.4, 0.5) is 5.95 Å². The van der Waals surface area contributed by atoms with Crippen LogP contribution in [0.1, 0.15) is 17.3 Å². The van der Waals surface area contributed by atoms with E-state index < -0.39 is 0 Å². The number of benzene rings is 1. The first-order valence-corrected chi connectivity index (χ1v) is 6.57. The minimum Gasteiger partial charge on any atom is -0.331 e. The third-order valence-corrected chi connectivity index (χ3v) is 3.27. The highest BCUT2D eigenvalue weighted by Crippen LogP contribution is 2.23. The van der Waals surface area contributed by atoms with Gasteiger partial charge in [0.2, 0.25) is 5.95 Å². The highest BCUT2D eigenvalue weighted by atomic mass is 79.9. The number of halogens is 2. The molecule has 1 amide bonds. The summed E-state index contributed by atoms with van der Waals surface area (Å²) in [5.74, 6) is 0.339. The molecule has 6 heteroatoms. The lowest BCUT2D eigenvalue weighted by Gasteiger charge is -2.18. The monoisotopic (exact) mass is 327 g/mol. The van der Waals surface area contributed by atoms with Crippen molar-refractivity contribution in [3.63, 3.8) is 0 Å². The maximum absolute atomic E-state index is 12.4. The Kier molecular flexibility index (Phi) is 4.04. The van der Waals surface area contributed by atoms with Gasteiger partial charge in [0.15, 0.2) is 0 Å². The number of nitrogens with one attached hydrogen (secondary N) is 1. The van der Waals surface area contributed by atoms with E-state index >= 15 is 0 Å². The molecule has 0 aliphatic carbocycles. The molecule has 2 aromatic rings. The number of H-pyrrole nitrogens is 1. The van der Waals surface area contributed by atoms with Crippen molar-refractivity contribution in [2.75, 3.05) is 11.4 Å². The summed E-state index contributed by atoms with van der Waals surface area (Å²) in [6.45, 7) is 2.39. The van der Waals surface area contributed by atoms with Crippen LogP contribution in [-0.4, -0.2) is 22.4 Å². The lowest BCUT2D eigenvalue weighted by Crippen LogP contribution is -2.31. The number of aromatic nitrogens is 2. The zero-order valence-electron chi connectivity index (χ0n) is 9.65. The van der Waals surface area contributed by atoms with Crippen molar-refractivity contribution in [1.82, 2.24) is 9.97 Å². The maximum atomic E-state index is 12.4. The standard InChI is InChI=1S/C12H11BrClN3O/c1-2-17(12-15-5-6-16-12)11(18)9-4-3-8(13)7-10(9)14/h3-7H,2H2,1H3,(H,15,16). The Morgan fingerprint density at radius 1 is 1.56 bits per heavy atom. The van der Waals surface area contributed by atoms with Gasteiger partial charge in [0.25, 0.3) is 5.91 Å². The molecule has 0 atom stereocenters. The number of carbonyl (C=O) groups is 1. The van der Waals surface area contributed by atoms with Crippen LogP contribution in [0.3, 0.4) is 0 Å². The van der Waals surface area contributed by atoms with Gasteiger partial charge in [-0.1, -0.05) is 27.5 Å². The highest BCUT2D eigenvalue weighted by molar-refractivity contribution is 9.10. The molecule has 0 saturated carbocycles. The Labute approximate surface area is 118 Å². The van der Waals surface area contributed by atoms with Gasteiger partial charge >= 0.3 is 0 Å². The summed E-state index contributed by atoms with van der Waals surface area (Å²) in [5.41, 5.74) is 0.457. The number of imidazole rings is 1. The molecule has 94 valence electrons. The molecule has 2 rings (SSSR count). The van der Waals surface area contributed by atoms with Gasteiger partial charge in [-0.15, -0.1) is 0 Å². The lowest BCUT2D eigenvalue weighted by molar-refractivity contribution is 0.0987. The van der Waals surface area contributed by atoms with Gasteiger partial charge < -0.3 is 4.98 Å². The molecule has 1 heterocycles. The molecule has 0 unspecified atom stereocenters. The van der Waals surface area contributed by atoms with E-state index in [1.165, 1.54) is 4.90 Å². The summed E-state index contributed by atoms with van der Waals surface area (Å²) in [6, 6.07) is 5.18. The number of rotatable bonds is 3. The van der Waals surface area contributed by atoms with E-state index in [0.29, 0.717) is 23.1 Å². The van der Waals surface area contributed by atoms with Crippen molar-refractivity contribution >= 4 is 39.4 Å². The predicted molar refractivity (Wildman–Crippen MR) is 75.1 cm³/mol. The molecule has 0 saturated heterocycles. The van der Waals surface area contributed by atoms with Crippen molar-refractivity contribution in [2.45, 2.75) is 6.92 Å². The fourth-order valence-electron chi connectivity index (χ4n) is 1.60. The SMILES string of the molecule is CCN(C(=O)c1ccc(Br)cc1Cl)c1ncc[nH]1. The first-order valence-electron chi connectivity index (χ1n) is 5.39. The zero-order chi connectivity index (χ0) is 13.1. The summed E-state index contributed by atoms with van der Waals surface area (Å²) < 4.78 is 0.838. The Morgan fingerprint density at radius 2 is 2.33 bits per heavy atom. The van der Waals surface area contributed by atoms with Gasteiger partial charge in [-0.3, -0.25) is 9.69 Å². The van der Waals surface area contributed by atoms with Gasteiger partial charge in [-0.05, 0) is 25.1 Å². The van der Waals surface area contributed by atoms with E-state index in [0.717, 1.165) is 4.47 Å².